The van der Waals surface area contributed by atoms with Crippen molar-refractivity contribution in [1.82, 2.24) is 25.1 Å². The fraction of sp³-hybridized carbons (Fsp3) is 0.545. The lowest BCUT2D eigenvalue weighted by molar-refractivity contribution is 0.180. The van der Waals surface area contributed by atoms with Crippen LogP contribution < -0.4 is 10.6 Å². The van der Waals surface area contributed by atoms with Crippen molar-refractivity contribution < 1.29 is 4.74 Å². The maximum Gasteiger partial charge on any atom is 0.191 e. The second kappa shape index (κ2) is 13.0. The Morgan fingerprint density at radius 3 is 2.79 bits per heavy atom. The minimum atomic E-state index is 0.649. The van der Waals surface area contributed by atoms with E-state index in [-0.39, 0.29) is 0 Å². The van der Waals surface area contributed by atoms with E-state index < -0.39 is 0 Å². The van der Waals surface area contributed by atoms with Gasteiger partial charge < -0.3 is 24.8 Å². The molecule has 0 atom stereocenters. The van der Waals surface area contributed by atoms with E-state index in [4.69, 9.17) is 9.73 Å². The minimum absolute atomic E-state index is 0.649. The average molecular weight is 401 g/mol. The van der Waals surface area contributed by atoms with E-state index in [1.165, 1.54) is 11.1 Å². The summed E-state index contributed by atoms with van der Waals surface area (Å²) in [4.78, 5) is 11.3. The van der Waals surface area contributed by atoms with Crippen LogP contribution in [0.4, 0.5) is 0 Å². The Kier molecular flexibility index (Phi) is 10.2. The van der Waals surface area contributed by atoms with Crippen molar-refractivity contribution in [3.05, 3.63) is 53.6 Å². The average Bonchev–Trinajstić information content (AvgIpc) is 3.11. The summed E-state index contributed by atoms with van der Waals surface area (Å²) in [5, 5.41) is 6.75. The summed E-state index contributed by atoms with van der Waals surface area (Å²) >= 11 is 0. The van der Waals surface area contributed by atoms with E-state index in [9.17, 15) is 0 Å². The Hall–Kier alpha value is -2.38. The lowest BCUT2D eigenvalue weighted by atomic mass is 10.1. The molecule has 1 heterocycles. The van der Waals surface area contributed by atoms with Crippen molar-refractivity contribution in [3.63, 3.8) is 0 Å². The third-order valence-electron chi connectivity index (χ3n) is 4.71. The number of rotatable bonds is 12. The molecule has 1 aromatic carbocycles. The van der Waals surface area contributed by atoms with Gasteiger partial charge in [-0.3, -0.25) is 0 Å². The van der Waals surface area contributed by atoms with Crippen molar-refractivity contribution in [2.45, 2.75) is 33.4 Å². The summed E-state index contributed by atoms with van der Waals surface area (Å²) in [7, 11) is 3.88. The highest BCUT2D eigenvalue weighted by molar-refractivity contribution is 5.79. The predicted octanol–water partition coefficient (Wildman–Crippen LogP) is 2.26. The topological polar surface area (TPSA) is 66.7 Å². The summed E-state index contributed by atoms with van der Waals surface area (Å²) < 4.78 is 7.26. The van der Waals surface area contributed by atoms with E-state index in [2.05, 4.69) is 63.3 Å². The maximum atomic E-state index is 5.11. The standard InChI is InChI=1S/C22H36N6O/c1-5-23-22(25-10-13-27(3)12-7-15-29-4)26-17-20-8-6-9-21(16-20)18-28-14-11-24-19(28)2/h6,8-9,11,14,16H,5,7,10,12-13,15,17-18H2,1-4H3,(H2,23,25,26). The number of aliphatic imine (C=N–C) groups is 1. The maximum absolute atomic E-state index is 5.11. The first-order chi connectivity index (χ1) is 14.1. The number of guanidine groups is 1. The molecule has 0 spiro atoms. The number of hydrogen-bond acceptors (Lipinski definition) is 4. The predicted molar refractivity (Wildman–Crippen MR) is 119 cm³/mol. The summed E-state index contributed by atoms with van der Waals surface area (Å²) in [5.41, 5.74) is 2.46. The number of nitrogens with zero attached hydrogens (tertiary/aromatic N) is 4. The molecular weight excluding hydrogens is 364 g/mol. The molecule has 0 bridgehead atoms. The van der Waals surface area contributed by atoms with Crippen LogP contribution >= 0.6 is 0 Å². The zero-order valence-electron chi connectivity index (χ0n) is 18.3. The molecule has 0 fully saturated rings. The van der Waals surface area contributed by atoms with Crippen molar-refractivity contribution in [2.75, 3.05) is 46.9 Å². The minimum Gasteiger partial charge on any atom is -0.385 e. The summed E-state index contributed by atoms with van der Waals surface area (Å²) in [6, 6.07) is 8.59. The molecule has 0 radical (unpaired) electrons. The first-order valence-corrected chi connectivity index (χ1v) is 10.4. The van der Waals surface area contributed by atoms with Crippen LogP contribution in [0.15, 0.2) is 41.7 Å². The second-order valence-corrected chi connectivity index (χ2v) is 7.19. The molecule has 7 nitrogen and oxygen atoms in total. The Morgan fingerprint density at radius 2 is 2.07 bits per heavy atom. The van der Waals surface area contributed by atoms with Crippen LogP contribution in [0.2, 0.25) is 0 Å². The monoisotopic (exact) mass is 400 g/mol. The fourth-order valence-corrected chi connectivity index (χ4v) is 3.06. The SMILES string of the molecule is CCNC(=NCc1cccc(Cn2ccnc2C)c1)NCCN(C)CCCOC. The number of methoxy groups -OCH3 is 1. The van der Waals surface area contributed by atoms with Gasteiger partial charge in [0.2, 0.25) is 0 Å². The van der Waals surface area contributed by atoms with Gasteiger partial charge in [0.25, 0.3) is 0 Å². The van der Waals surface area contributed by atoms with Gasteiger partial charge in [-0.1, -0.05) is 24.3 Å². The zero-order valence-corrected chi connectivity index (χ0v) is 18.3. The summed E-state index contributed by atoms with van der Waals surface area (Å²) in [6.07, 6.45) is 4.91. The van der Waals surface area contributed by atoms with Gasteiger partial charge in [0.15, 0.2) is 5.96 Å². The Balaban J connectivity index is 1.85. The number of likely N-dealkylation sites (N-methyl/N-ethyl adjacent to an activating group) is 1. The summed E-state index contributed by atoms with van der Waals surface area (Å²) in [6.45, 7) is 10.1. The van der Waals surface area contributed by atoms with E-state index in [1.54, 1.807) is 7.11 Å². The zero-order chi connectivity index (χ0) is 20.9. The highest BCUT2D eigenvalue weighted by atomic mass is 16.5. The molecule has 2 N–H and O–H groups in total. The highest BCUT2D eigenvalue weighted by Crippen LogP contribution is 2.09. The highest BCUT2D eigenvalue weighted by Gasteiger charge is 2.03. The smallest absolute Gasteiger partial charge is 0.191 e. The third kappa shape index (κ3) is 8.66. The number of nitrogens with one attached hydrogen (secondary N) is 2. The molecule has 2 aromatic rings. The van der Waals surface area contributed by atoms with Gasteiger partial charge in [0, 0.05) is 58.8 Å². The Morgan fingerprint density at radius 1 is 1.24 bits per heavy atom. The molecule has 1 aromatic heterocycles. The number of ether oxygens (including phenoxy) is 1. The van der Waals surface area contributed by atoms with Crippen LogP contribution in [0.25, 0.3) is 0 Å². The quantitative estimate of drug-likeness (QED) is 0.325. The van der Waals surface area contributed by atoms with Crippen LogP contribution in [0.1, 0.15) is 30.3 Å². The molecule has 29 heavy (non-hydrogen) atoms. The molecule has 0 unspecified atom stereocenters. The van der Waals surface area contributed by atoms with E-state index >= 15 is 0 Å². The van der Waals surface area contributed by atoms with Gasteiger partial charge in [-0.25, -0.2) is 9.98 Å². The molecule has 0 aliphatic heterocycles. The van der Waals surface area contributed by atoms with Gasteiger partial charge in [-0.2, -0.15) is 0 Å². The van der Waals surface area contributed by atoms with Gasteiger partial charge in [0.1, 0.15) is 5.82 Å². The molecule has 0 amide bonds. The van der Waals surface area contributed by atoms with Crippen LogP contribution in [-0.4, -0.2) is 67.4 Å². The number of benzene rings is 1. The van der Waals surface area contributed by atoms with Crippen LogP contribution in [0, 0.1) is 6.92 Å². The van der Waals surface area contributed by atoms with Crippen molar-refractivity contribution in [2.24, 2.45) is 4.99 Å². The second-order valence-electron chi connectivity index (χ2n) is 7.19. The molecular formula is C22H36N6O. The molecule has 0 saturated carbocycles. The number of imidazole rings is 1. The lowest BCUT2D eigenvalue weighted by Gasteiger charge is -2.18. The molecule has 0 aliphatic rings. The Bertz CT molecular complexity index is 742. The normalized spacial score (nSPS) is 11.8. The number of aryl methyl sites for hydroxylation is 1. The van der Waals surface area contributed by atoms with Crippen molar-refractivity contribution >= 4 is 5.96 Å². The van der Waals surface area contributed by atoms with Crippen molar-refractivity contribution in [3.8, 4) is 0 Å². The summed E-state index contributed by atoms with van der Waals surface area (Å²) in [5.74, 6) is 1.88. The first kappa shape index (κ1) is 22.9. The van der Waals surface area contributed by atoms with E-state index in [1.807, 2.05) is 19.3 Å². The van der Waals surface area contributed by atoms with E-state index in [0.29, 0.717) is 6.54 Å². The van der Waals surface area contributed by atoms with Gasteiger partial charge in [0.05, 0.1) is 6.54 Å². The lowest BCUT2D eigenvalue weighted by Crippen LogP contribution is -2.41. The molecule has 0 saturated heterocycles. The van der Waals surface area contributed by atoms with E-state index in [0.717, 1.165) is 57.5 Å². The largest absolute Gasteiger partial charge is 0.385 e. The Labute approximate surface area is 175 Å². The van der Waals surface area contributed by atoms with Crippen LogP contribution in [0.3, 0.4) is 0 Å². The number of hydrogen-bond donors (Lipinski definition) is 2. The number of aromatic nitrogens is 2. The fourth-order valence-electron chi connectivity index (χ4n) is 3.06. The molecule has 0 aliphatic carbocycles. The molecule has 160 valence electrons. The molecule has 2 rings (SSSR count). The van der Waals surface area contributed by atoms with Gasteiger partial charge >= 0.3 is 0 Å². The van der Waals surface area contributed by atoms with Crippen molar-refractivity contribution in [1.29, 1.82) is 0 Å². The van der Waals surface area contributed by atoms with Gasteiger partial charge in [-0.15, -0.1) is 0 Å². The third-order valence-corrected chi connectivity index (χ3v) is 4.71. The van der Waals surface area contributed by atoms with Crippen LogP contribution in [0.5, 0.6) is 0 Å². The first-order valence-electron chi connectivity index (χ1n) is 10.4. The molecule has 7 heteroatoms. The van der Waals surface area contributed by atoms with Gasteiger partial charge in [-0.05, 0) is 38.4 Å². The van der Waals surface area contributed by atoms with Crippen LogP contribution in [-0.2, 0) is 17.8 Å².